The minimum Gasteiger partial charge on any atom is -0.462 e. The minimum atomic E-state index is -0.455. The number of ether oxygens (including phenoxy) is 2. The van der Waals surface area contributed by atoms with Crippen molar-refractivity contribution in [2.24, 2.45) is 5.41 Å². The first-order valence-electron chi connectivity index (χ1n) is 9.11. The maximum Gasteiger partial charge on any atom is 0.311 e. The highest BCUT2D eigenvalue weighted by Gasteiger charge is 2.30. The van der Waals surface area contributed by atoms with Crippen LogP contribution >= 0.6 is 0 Å². The van der Waals surface area contributed by atoms with E-state index in [4.69, 9.17) is 9.47 Å². The summed E-state index contributed by atoms with van der Waals surface area (Å²) in [5.74, 6) is -0.444. The van der Waals surface area contributed by atoms with Crippen molar-refractivity contribution in [3.63, 3.8) is 0 Å². The summed E-state index contributed by atoms with van der Waals surface area (Å²) < 4.78 is 10.8. The van der Waals surface area contributed by atoms with Gasteiger partial charge in [-0.15, -0.1) is 0 Å². The first-order valence-corrected chi connectivity index (χ1v) is 9.11. The number of unbranched alkanes of at least 4 members (excludes halogenated alkanes) is 4. The van der Waals surface area contributed by atoms with Crippen LogP contribution in [0.2, 0.25) is 0 Å². The fourth-order valence-electron chi connectivity index (χ4n) is 2.57. The molecule has 0 bridgehead atoms. The van der Waals surface area contributed by atoms with Gasteiger partial charge in [-0.05, 0) is 33.6 Å². The zero-order chi connectivity index (χ0) is 17.9. The van der Waals surface area contributed by atoms with Crippen molar-refractivity contribution in [2.45, 2.75) is 105 Å². The molecule has 2 unspecified atom stereocenters. The molecule has 0 aliphatic heterocycles. The van der Waals surface area contributed by atoms with Gasteiger partial charge in [0.05, 0.1) is 5.41 Å². The Bertz CT molecular complexity index is 349. The van der Waals surface area contributed by atoms with Crippen LogP contribution in [0.25, 0.3) is 0 Å². The van der Waals surface area contributed by atoms with E-state index < -0.39 is 5.41 Å². The van der Waals surface area contributed by atoms with Gasteiger partial charge >= 0.3 is 11.9 Å². The summed E-state index contributed by atoms with van der Waals surface area (Å²) in [5, 5.41) is 0. The fourth-order valence-corrected chi connectivity index (χ4v) is 2.57. The van der Waals surface area contributed by atoms with Gasteiger partial charge in [0.25, 0.3) is 0 Å². The van der Waals surface area contributed by atoms with E-state index in [1.165, 1.54) is 32.6 Å². The molecule has 0 radical (unpaired) electrons. The van der Waals surface area contributed by atoms with Crippen molar-refractivity contribution < 1.29 is 19.1 Å². The zero-order valence-corrected chi connectivity index (χ0v) is 15.9. The van der Waals surface area contributed by atoms with Crippen molar-refractivity contribution in [1.82, 2.24) is 0 Å². The Morgan fingerprint density at radius 1 is 1.00 bits per heavy atom. The van der Waals surface area contributed by atoms with Crippen LogP contribution in [-0.4, -0.2) is 24.1 Å². The number of hydrogen-bond donors (Lipinski definition) is 0. The molecule has 0 saturated heterocycles. The van der Waals surface area contributed by atoms with Gasteiger partial charge in [0.1, 0.15) is 12.2 Å². The highest BCUT2D eigenvalue weighted by Crippen LogP contribution is 2.27. The van der Waals surface area contributed by atoms with Crippen LogP contribution < -0.4 is 0 Å². The molecule has 0 aromatic rings. The summed E-state index contributed by atoms with van der Waals surface area (Å²) in [4.78, 5) is 23.4. The van der Waals surface area contributed by atoms with Gasteiger partial charge in [0.2, 0.25) is 0 Å². The molecule has 4 nitrogen and oxygen atoms in total. The second-order valence-corrected chi connectivity index (χ2v) is 7.14. The van der Waals surface area contributed by atoms with Crippen molar-refractivity contribution >= 4 is 11.9 Å². The minimum absolute atomic E-state index is 0.154. The maximum atomic E-state index is 12.4. The molecule has 0 aromatic carbocycles. The van der Waals surface area contributed by atoms with Crippen molar-refractivity contribution in [2.75, 3.05) is 0 Å². The zero-order valence-electron chi connectivity index (χ0n) is 15.9. The van der Waals surface area contributed by atoms with Crippen LogP contribution in [0.4, 0.5) is 0 Å². The molecular formula is C19H36O4. The standard InChI is InChI=1S/C19H36O4/c1-7-9-10-11-12-13-19(5,6)18(21)22-15(3)14-17(8-2)23-16(4)20/h15,17H,7-14H2,1-6H3. The van der Waals surface area contributed by atoms with Crippen LogP contribution in [0.15, 0.2) is 0 Å². The molecule has 0 fully saturated rings. The fraction of sp³-hybridized carbons (Fsp3) is 0.895. The van der Waals surface area contributed by atoms with E-state index in [9.17, 15) is 9.59 Å². The molecule has 23 heavy (non-hydrogen) atoms. The highest BCUT2D eigenvalue weighted by molar-refractivity contribution is 5.76. The Morgan fingerprint density at radius 2 is 1.61 bits per heavy atom. The van der Waals surface area contributed by atoms with Crippen molar-refractivity contribution in [3.8, 4) is 0 Å². The quantitative estimate of drug-likeness (QED) is 0.372. The molecule has 0 N–H and O–H groups in total. The normalized spacial score (nSPS) is 14.2. The monoisotopic (exact) mass is 328 g/mol. The number of carbonyl (C=O) groups is 2. The Morgan fingerprint density at radius 3 is 2.13 bits per heavy atom. The second kappa shape index (κ2) is 11.5. The third kappa shape index (κ3) is 10.4. The number of carbonyl (C=O) groups excluding carboxylic acids is 2. The summed E-state index contributed by atoms with van der Waals surface area (Å²) in [6.07, 6.45) is 7.64. The van der Waals surface area contributed by atoms with Gasteiger partial charge in [0.15, 0.2) is 0 Å². The first kappa shape index (κ1) is 21.9. The summed E-state index contributed by atoms with van der Waals surface area (Å²) in [6.45, 7) is 11.3. The smallest absolute Gasteiger partial charge is 0.311 e. The molecule has 4 heteroatoms. The average Bonchev–Trinajstić information content (AvgIpc) is 2.45. The molecule has 0 spiro atoms. The Kier molecular flexibility index (Phi) is 10.9. The summed E-state index contributed by atoms with van der Waals surface area (Å²) in [7, 11) is 0. The van der Waals surface area contributed by atoms with E-state index in [0.717, 1.165) is 19.3 Å². The molecule has 0 heterocycles. The number of esters is 2. The first-order chi connectivity index (χ1) is 10.7. The molecule has 136 valence electrons. The molecule has 0 saturated carbocycles. The lowest BCUT2D eigenvalue weighted by Crippen LogP contribution is -2.32. The van der Waals surface area contributed by atoms with E-state index in [-0.39, 0.29) is 24.1 Å². The lowest BCUT2D eigenvalue weighted by atomic mass is 9.87. The molecule has 0 amide bonds. The van der Waals surface area contributed by atoms with E-state index in [1.807, 2.05) is 27.7 Å². The van der Waals surface area contributed by atoms with Gasteiger partial charge in [-0.25, -0.2) is 0 Å². The molecular weight excluding hydrogens is 292 g/mol. The van der Waals surface area contributed by atoms with Crippen LogP contribution in [0, 0.1) is 5.41 Å². The van der Waals surface area contributed by atoms with E-state index >= 15 is 0 Å². The second-order valence-electron chi connectivity index (χ2n) is 7.14. The largest absolute Gasteiger partial charge is 0.462 e. The molecule has 0 aromatic heterocycles. The molecule has 0 aliphatic carbocycles. The van der Waals surface area contributed by atoms with E-state index in [0.29, 0.717) is 6.42 Å². The maximum absolute atomic E-state index is 12.4. The van der Waals surface area contributed by atoms with Crippen LogP contribution in [0.5, 0.6) is 0 Å². The van der Waals surface area contributed by atoms with E-state index in [1.54, 1.807) is 0 Å². The Balaban J connectivity index is 4.23. The van der Waals surface area contributed by atoms with Crippen LogP contribution in [0.3, 0.4) is 0 Å². The SMILES string of the molecule is CCCCCCCC(C)(C)C(=O)OC(C)CC(CC)OC(C)=O. The van der Waals surface area contributed by atoms with Gasteiger partial charge in [-0.1, -0.05) is 46.0 Å². The highest BCUT2D eigenvalue weighted by atomic mass is 16.6. The number of rotatable bonds is 12. The summed E-state index contributed by atoms with van der Waals surface area (Å²) >= 11 is 0. The van der Waals surface area contributed by atoms with Crippen LogP contribution in [0.1, 0.15) is 92.9 Å². The Hall–Kier alpha value is -1.06. The van der Waals surface area contributed by atoms with Gasteiger partial charge in [-0.3, -0.25) is 9.59 Å². The van der Waals surface area contributed by atoms with Crippen molar-refractivity contribution in [1.29, 1.82) is 0 Å². The molecule has 0 rings (SSSR count). The lowest BCUT2D eigenvalue weighted by molar-refractivity contribution is -0.162. The molecule has 2 atom stereocenters. The van der Waals surface area contributed by atoms with Gasteiger partial charge in [0, 0.05) is 13.3 Å². The molecule has 0 aliphatic rings. The Labute approximate surface area is 142 Å². The van der Waals surface area contributed by atoms with E-state index in [2.05, 4.69) is 6.92 Å². The average molecular weight is 328 g/mol. The van der Waals surface area contributed by atoms with Gasteiger partial charge < -0.3 is 9.47 Å². The number of hydrogen-bond acceptors (Lipinski definition) is 4. The van der Waals surface area contributed by atoms with Crippen molar-refractivity contribution in [3.05, 3.63) is 0 Å². The third-order valence-corrected chi connectivity index (χ3v) is 4.15. The summed E-state index contributed by atoms with van der Waals surface area (Å²) in [5.41, 5.74) is -0.455. The third-order valence-electron chi connectivity index (χ3n) is 4.15. The predicted molar refractivity (Wildman–Crippen MR) is 93.2 cm³/mol. The van der Waals surface area contributed by atoms with Crippen LogP contribution in [-0.2, 0) is 19.1 Å². The lowest BCUT2D eigenvalue weighted by Gasteiger charge is -2.26. The topological polar surface area (TPSA) is 52.6 Å². The van der Waals surface area contributed by atoms with Gasteiger partial charge in [-0.2, -0.15) is 0 Å². The predicted octanol–water partition coefficient (Wildman–Crippen LogP) is 5.04. The summed E-state index contributed by atoms with van der Waals surface area (Å²) in [6, 6.07) is 0.